The Labute approximate surface area is 136 Å². The number of anilines is 1. The Morgan fingerprint density at radius 1 is 1.27 bits per heavy atom. The van der Waals surface area contributed by atoms with Crippen LogP contribution in [0.4, 0.5) is 5.13 Å². The summed E-state index contributed by atoms with van der Waals surface area (Å²) in [4.78, 5) is 12.3. The first-order valence-electron chi connectivity index (χ1n) is 8.57. The van der Waals surface area contributed by atoms with E-state index >= 15 is 0 Å². The van der Waals surface area contributed by atoms with Crippen LogP contribution in [0, 0.1) is 11.8 Å². The second kappa shape index (κ2) is 7.51. The summed E-state index contributed by atoms with van der Waals surface area (Å²) in [5, 5.41) is 16.5. The first-order chi connectivity index (χ1) is 10.7. The number of piperidine rings is 1. The molecule has 2 atom stereocenters. The lowest BCUT2D eigenvalue weighted by Crippen LogP contribution is -2.40. The van der Waals surface area contributed by atoms with E-state index in [-0.39, 0.29) is 11.8 Å². The zero-order chi connectivity index (χ0) is 15.4. The lowest BCUT2D eigenvalue weighted by molar-refractivity contribution is -0.120. The number of carbonyl (C=O) groups excluding carboxylic acids is 1. The molecule has 122 valence electrons. The van der Waals surface area contributed by atoms with Gasteiger partial charge < -0.3 is 10.6 Å². The second-order valence-corrected chi connectivity index (χ2v) is 7.84. The fourth-order valence-electron chi connectivity index (χ4n) is 3.60. The van der Waals surface area contributed by atoms with Gasteiger partial charge in [-0.15, -0.1) is 10.2 Å². The first-order valence-corrected chi connectivity index (χ1v) is 9.39. The van der Waals surface area contributed by atoms with Crippen molar-refractivity contribution in [2.45, 2.75) is 64.3 Å². The highest BCUT2D eigenvalue weighted by Crippen LogP contribution is 2.29. The molecule has 1 aromatic heterocycles. The quantitative estimate of drug-likeness (QED) is 0.894. The van der Waals surface area contributed by atoms with E-state index in [4.69, 9.17) is 0 Å². The number of nitrogens with one attached hydrogen (secondary N) is 2. The smallest absolute Gasteiger partial charge is 0.229 e. The van der Waals surface area contributed by atoms with Crippen molar-refractivity contribution < 1.29 is 4.79 Å². The van der Waals surface area contributed by atoms with E-state index < -0.39 is 0 Å². The number of hydrogen-bond acceptors (Lipinski definition) is 5. The lowest BCUT2D eigenvalue weighted by Gasteiger charge is -2.26. The average Bonchev–Trinajstić information content (AvgIpc) is 2.95. The summed E-state index contributed by atoms with van der Waals surface area (Å²) in [5.74, 6) is 0.964. The summed E-state index contributed by atoms with van der Waals surface area (Å²) in [7, 11) is 0. The highest BCUT2D eigenvalue weighted by atomic mass is 32.1. The average molecular weight is 322 g/mol. The number of rotatable bonds is 4. The van der Waals surface area contributed by atoms with E-state index in [1.807, 2.05) is 0 Å². The van der Waals surface area contributed by atoms with Gasteiger partial charge in [0.25, 0.3) is 0 Å². The van der Waals surface area contributed by atoms with Crippen LogP contribution >= 0.6 is 11.3 Å². The lowest BCUT2D eigenvalue weighted by atomic mass is 9.87. The van der Waals surface area contributed by atoms with Crippen LogP contribution < -0.4 is 10.6 Å². The molecule has 0 aromatic carbocycles. The topological polar surface area (TPSA) is 66.9 Å². The molecular formula is C16H26N4OS. The van der Waals surface area contributed by atoms with E-state index in [0.717, 1.165) is 36.7 Å². The third-order valence-corrected chi connectivity index (χ3v) is 5.74. The fraction of sp³-hybridized carbons (Fsp3) is 0.812. The minimum absolute atomic E-state index is 0.0990. The molecule has 0 spiro atoms. The van der Waals surface area contributed by atoms with Crippen molar-refractivity contribution in [3.05, 3.63) is 5.01 Å². The van der Waals surface area contributed by atoms with Gasteiger partial charge in [-0.05, 0) is 32.2 Å². The number of nitrogens with zero attached hydrogens (tertiary/aromatic N) is 2. The molecule has 5 nitrogen and oxygen atoms in total. The van der Waals surface area contributed by atoms with Gasteiger partial charge in [-0.3, -0.25) is 4.79 Å². The predicted octanol–water partition coefficient (Wildman–Crippen LogP) is 2.99. The Morgan fingerprint density at radius 2 is 2.09 bits per heavy atom. The molecule has 1 aliphatic carbocycles. The minimum Gasteiger partial charge on any atom is -0.314 e. The first kappa shape index (κ1) is 15.9. The van der Waals surface area contributed by atoms with Crippen LogP contribution in [0.15, 0.2) is 0 Å². The van der Waals surface area contributed by atoms with Crippen molar-refractivity contribution in [1.29, 1.82) is 0 Å². The third-order valence-electron chi connectivity index (χ3n) is 4.88. The van der Waals surface area contributed by atoms with Crippen molar-refractivity contribution in [1.82, 2.24) is 15.5 Å². The summed E-state index contributed by atoms with van der Waals surface area (Å²) in [6.07, 6.45) is 9.54. The van der Waals surface area contributed by atoms with Crippen LogP contribution in [0.3, 0.4) is 0 Å². The van der Waals surface area contributed by atoms with Gasteiger partial charge in [0.1, 0.15) is 5.01 Å². The van der Waals surface area contributed by atoms with Crippen molar-refractivity contribution in [3.63, 3.8) is 0 Å². The van der Waals surface area contributed by atoms with Crippen LogP contribution in [0.1, 0.15) is 56.9 Å². The molecule has 1 aliphatic heterocycles. The second-order valence-electron chi connectivity index (χ2n) is 6.77. The molecular weight excluding hydrogens is 296 g/mol. The Bertz CT molecular complexity index is 498. The van der Waals surface area contributed by atoms with Crippen LogP contribution in [0.25, 0.3) is 0 Å². The molecule has 1 amide bonds. The van der Waals surface area contributed by atoms with Gasteiger partial charge in [0.15, 0.2) is 0 Å². The summed E-state index contributed by atoms with van der Waals surface area (Å²) < 4.78 is 0. The van der Waals surface area contributed by atoms with E-state index in [0.29, 0.717) is 11.2 Å². The van der Waals surface area contributed by atoms with Crippen LogP contribution in [-0.4, -0.2) is 28.7 Å². The molecule has 2 aliphatic rings. The largest absolute Gasteiger partial charge is 0.314 e. The normalized spacial score (nSPS) is 26.8. The maximum absolute atomic E-state index is 12.3. The molecule has 2 fully saturated rings. The van der Waals surface area contributed by atoms with Crippen molar-refractivity contribution in [2.24, 2.45) is 11.8 Å². The zero-order valence-electron chi connectivity index (χ0n) is 13.3. The maximum Gasteiger partial charge on any atom is 0.229 e. The van der Waals surface area contributed by atoms with Crippen molar-refractivity contribution in [3.8, 4) is 0 Å². The van der Waals surface area contributed by atoms with Gasteiger partial charge in [-0.2, -0.15) is 0 Å². The monoisotopic (exact) mass is 322 g/mol. The molecule has 0 unspecified atom stereocenters. The molecule has 1 saturated carbocycles. The summed E-state index contributed by atoms with van der Waals surface area (Å²) in [5.41, 5.74) is 0. The van der Waals surface area contributed by atoms with Crippen LogP contribution in [-0.2, 0) is 11.2 Å². The van der Waals surface area contributed by atoms with E-state index in [1.165, 1.54) is 32.1 Å². The summed E-state index contributed by atoms with van der Waals surface area (Å²) >= 11 is 1.55. The van der Waals surface area contributed by atoms with Crippen LogP contribution in [0.5, 0.6) is 0 Å². The van der Waals surface area contributed by atoms with Gasteiger partial charge in [0, 0.05) is 18.4 Å². The predicted molar refractivity (Wildman–Crippen MR) is 89.0 cm³/mol. The summed E-state index contributed by atoms with van der Waals surface area (Å²) in [6, 6.07) is 0.417. The number of aromatic nitrogens is 2. The third kappa shape index (κ3) is 4.26. The van der Waals surface area contributed by atoms with Gasteiger partial charge in [-0.1, -0.05) is 43.4 Å². The van der Waals surface area contributed by atoms with Gasteiger partial charge in [-0.25, -0.2) is 0 Å². The van der Waals surface area contributed by atoms with E-state index in [1.54, 1.807) is 11.3 Å². The van der Waals surface area contributed by atoms with E-state index in [2.05, 4.69) is 27.8 Å². The summed E-state index contributed by atoms with van der Waals surface area (Å²) in [6.45, 7) is 3.05. The Kier molecular flexibility index (Phi) is 5.41. The standard InChI is InChI=1S/C16H26N4OS/c1-11-9-13(7-8-17-11)15(21)18-16-20-19-14(22-16)10-12-5-3-2-4-6-12/h11-13,17H,2-10H2,1H3,(H,18,20,21)/t11-,13-/m0/s1. The Balaban J connectivity index is 1.51. The number of hydrogen-bond donors (Lipinski definition) is 2. The highest BCUT2D eigenvalue weighted by Gasteiger charge is 2.25. The Hall–Kier alpha value is -1.01. The van der Waals surface area contributed by atoms with Crippen LogP contribution in [0.2, 0.25) is 0 Å². The molecule has 2 heterocycles. The van der Waals surface area contributed by atoms with Gasteiger partial charge in [0.2, 0.25) is 11.0 Å². The molecule has 1 aromatic rings. The molecule has 1 saturated heterocycles. The minimum atomic E-state index is 0.0990. The molecule has 0 bridgehead atoms. The van der Waals surface area contributed by atoms with Gasteiger partial charge in [0.05, 0.1) is 0 Å². The highest BCUT2D eigenvalue weighted by molar-refractivity contribution is 7.15. The Morgan fingerprint density at radius 3 is 2.86 bits per heavy atom. The number of carbonyl (C=O) groups is 1. The molecule has 6 heteroatoms. The maximum atomic E-state index is 12.3. The van der Waals surface area contributed by atoms with Crippen molar-refractivity contribution in [2.75, 3.05) is 11.9 Å². The van der Waals surface area contributed by atoms with E-state index in [9.17, 15) is 4.79 Å². The molecule has 2 N–H and O–H groups in total. The van der Waals surface area contributed by atoms with Crippen molar-refractivity contribution >= 4 is 22.4 Å². The molecule has 3 rings (SSSR count). The molecule has 22 heavy (non-hydrogen) atoms. The fourth-order valence-corrected chi connectivity index (χ4v) is 4.46. The van der Waals surface area contributed by atoms with Gasteiger partial charge >= 0.3 is 0 Å². The zero-order valence-corrected chi connectivity index (χ0v) is 14.1. The SMILES string of the molecule is C[C@H]1C[C@@H](C(=O)Nc2nnc(CC3CCCCC3)s2)CCN1. The number of amides is 1. The molecule has 0 radical (unpaired) electrons.